The zero-order valence-electron chi connectivity index (χ0n) is 13.2. The Balaban J connectivity index is 1.76. The molecule has 0 atom stereocenters. The van der Waals surface area contributed by atoms with Crippen LogP contribution in [0.25, 0.3) is 0 Å². The van der Waals surface area contributed by atoms with E-state index >= 15 is 0 Å². The van der Waals surface area contributed by atoms with E-state index in [0.29, 0.717) is 18.5 Å². The van der Waals surface area contributed by atoms with Gasteiger partial charge in [0.25, 0.3) is 0 Å². The number of hydrogen-bond acceptors (Lipinski definition) is 2. The van der Waals surface area contributed by atoms with Crippen molar-refractivity contribution in [2.75, 3.05) is 18.0 Å². The van der Waals surface area contributed by atoms with Crippen LogP contribution in [0.1, 0.15) is 45.1 Å². The zero-order chi connectivity index (χ0) is 14.8. The van der Waals surface area contributed by atoms with Gasteiger partial charge in [0, 0.05) is 30.4 Å². The molecule has 0 radical (unpaired) electrons. The third-order valence-electron chi connectivity index (χ3n) is 4.40. The quantitative estimate of drug-likeness (QED) is 0.780. The summed E-state index contributed by atoms with van der Waals surface area (Å²) in [6, 6.07) is 6.21. The van der Waals surface area contributed by atoms with Crippen LogP contribution in [0.3, 0.4) is 0 Å². The van der Waals surface area contributed by atoms with Crippen LogP contribution in [-0.4, -0.2) is 19.1 Å². The van der Waals surface area contributed by atoms with Crippen molar-refractivity contribution in [2.45, 2.75) is 52.1 Å². The normalized spacial score (nSPS) is 18.3. The summed E-state index contributed by atoms with van der Waals surface area (Å²) >= 11 is 0. The number of nitrogens with zero attached hydrogens (tertiary/aromatic N) is 1. The molecule has 3 rings (SSSR count). The van der Waals surface area contributed by atoms with Crippen LogP contribution < -0.4 is 10.2 Å². The molecule has 0 spiro atoms. The summed E-state index contributed by atoms with van der Waals surface area (Å²) in [5.41, 5.74) is 1.98. The molecular weight excluding hydrogens is 263 g/mol. The molecule has 2 aliphatic rings. The van der Waals surface area contributed by atoms with Crippen molar-refractivity contribution < 1.29 is 4.39 Å². The lowest BCUT2D eigenvalue weighted by Gasteiger charge is -2.27. The maximum atomic E-state index is 14.3. The molecule has 1 aromatic carbocycles. The standard InChI is InChI=1S/C18H27FN2/c1-13(2)10-20-11-16-17(19)4-3-5-18(16)21(15-8-9-15)12-14-6-7-14/h3-5,13-15,20H,6-12H2,1-2H3. The molecule has 21 heavy (non-hydrogen) atoms. The van der Waals surface area contributed by atoms with Crippen molar-refractivity contribution in [2.24, 2.45) is 11.8 Å². The minimum absolute atomic E-state index is 0.0646. The van der Waals surface area contributed by atoms with Gasteiger partial charge in [0.05, 0.1) is 0 Å². The summed E-state index contributed by atoms with van der Waals surface area (Å²) in [5, 5.41) is 3.40. The fourth-order valence-corrected chi connectivity index (χ4v) is 2.89. The number of rotatable bonds is 8. The molecule has 1 aromatic rings. The van der Waals surface area contributed by atoms with Crippen LogP contribution in [0.2, 0.25) is 0 Å². The largest absolute Gasteiger partial charge is 0.368 e. The van der Waals surface area contributed by atoms with E-state index in [4.69, 9.17) is 0 Å². The molecule has 0 heterocycles. The lowest BCUT2D eigenvalue weighted by molar-refractivity contribution is 0.533. The first-order valence-corrected chi connectivity index (χ1v) is 8.40. The smallest absolute Gasteiger partial charge is 0.129 e. The third kappa shape index (κ3) is 3.97. The highest BCUT2D eigenvalue weighted by molar-refractivity contribution is 5.56. The van der Waals surface area contributed by atoms with Crippen LogP contribution in [-0.2, 0) is 6.54 Å². The van der Waals surface area contributed by atoms with E-state index in [-0.39, 0.29) is 5.82 Å². The van der Waals surface area contributed by atoms with Gasteiger partial charge in [-0.3, -0.25) is 0 Å². The summed E-state index contributed by atoms with van der Waals surface area (Å²) in [6.07, 6.45) is 5.23. The highest BCUT2D eigenvalue weighted by Crippen LogP contribution is 2.39. The van der Waals surface area contributed by atoms with Crippen LogP contribution in [0.15, 0.2) is 18.2 Å². The molecule has 0 unspecified atom stereocenters. The van der Waals surface area contributed by atoms with Crippen molar-refractivity contribution >= 4 is 5.69 Å². The topological polar surface area (TPSA) is 15.3 Å². The van der Waals surface area contributed by atoms with Crippen molar-refractivity contribution in [1.29, 1.82) is 0 Å². The average Bonchev–Trinajstić information content (AvgIpc) is 3.31. The Morgan fingerprint density at radius 3 is 2.62 bits per heavy atom. The number of nitrogens with one attached hydrogen (secondary N) is 1. The van der Waals surface area contributed by atoms with Crippen LogP contribution >= 0.6 is 0 Å². The van der Waals surface area contributed by atoms with Gasteiger partial charge in [-0.05, 0) is 56.2 Å². The van der Waals surface area contributed by atoms with Crippen LogP contribution in [0.5, 0.6) is 0 Å². The lowest BCUT2D eigenvalue weighted by Crippen LogP contribution is -2.30. The van der Waals surface area contributed by atoms with Gasteiger partial charge in [-0.15, -0.1) is 0 Å². The van der Waals surface area contributed by atoms with Crippen molar-refractivity contribution in [3.63, 3.8) is 0 Å². The van der Waals surface area contributed by atoms with E-state index < -0.39 is 0 Å². The van der Waals surface area contributed by atoms with Gasteiger partial charge >= 0.3 is 0 Å². The van der Waals surface area contributed by atoms with Crippen molar-refractivity contribution in [1.82, 2.24) is 5.32 Å². The maximum absolute atomic E-state index is 14.3. The Bertz CT molecular complexity index is 478. The van der Waals surface area contributed by atoms with Crippen molar-refractivity contribution in [3.05, 3.63) is 29.6 Å². The van der Waals surface area contributed by atoms with E-state index in [9.17, 15) is 4.39 Å². The summed E-state index contributed by atoms with van der Waals surface area (Å²) in [6.45, 7) is 7.04. The summed E-state index contributed by atoms with van der Waals surface area (Å²) in [7, 11) is 0. The first-order chi connectivity index (χ1) is 10.1. The first-order valence-electron chi connectivity index (χ1n) is 8.40. The van der Waals surface area contributed by atoms with E-state index in [1.807, 2.05) is 6.07 Å². The number of halogens is 1. The molecule has 3 heteroatoms. The molecule has 2 saturated carbocycles. The minimum Gasteiger partial charge on any atom is -0.368 e. The van der Waals surface area contributed by atoms with E-state index in [2.05, 4.69) is 30.1 Å². The van der Waals surface area contributed by atoms with Gasteiger partial charge in [0.1, 0.15) is 5.82 Å². The summed E-state index contributed by atoms with van der Waals surface area (Å²) in [5.74, 6) is 1.36. The molecule has 0 aromatic heterocycles. The SMILES string of the molecule is CC(C)CNCc1c(F)cccc1N(CC1CC1)C1CC1. The Hall–Kier alpha value is -1.09. The fraction of sp³-hybridized carbons (Fsp3) is 0.667. The van der Waals surface area contributed by atoms with Gasteiger partial charge < -0.3 is 10.2 Å². The highest BCUT2D eigenvalue weighted by Gasteiger charge is 2.35. The number of hydrogen-bond donors (Lipinski definition) is 1. The average molecular weight is 290 g/mol. The Morgan fingerprint density at radius 2 is 2.00 bits per heavy atom. The predicted octanol–water partition coefficient (Wildman–Crippen LogP) is 3.95. The maximum Gasteiger partial charge on any atom is 0.129 e. The summed E-state index contributed by atoms with van der Waals surface area (Å²) in [4.78, 5) is 2.48. The highest BCUT2D eigenvalue weighted by atomic mass is 19.1. The minimum atomic E-state index is -0.0646. The number of benzene rings is 1. The zero-order valence-corrected chi connectivity index (χ0v) is 13.2. The molecule has 2 aliphatic carbocycles. The lowest BCUT2D eigenvalue weighted by atomic mass is 10.1. The monoisotopic (exact) mass is 290 g/mol. The molecule has 1 N–H and O–H groups in total. The molecule has 0 bridgehead atoms. The van der Waals surface area contributed by atoms with Gasteiger partial charge in [0.15, 0.2) is 0 Å². The third-order valence-corrected chi connectivity index (χ3v) is 4.40. The Morgan fingerprint density at radius 1 is 1.24 bits per heavy atom. The first kappa shape index (κ1) is 14.8. The summed E-state index contributed by atoms with van der Waals surface area (Å²) < 4.78 is 14.3. The van der Waals surface area contributed by atoms with Crippen molar-refractivity contribution in [3.8, 4) is 0 Å². The van der Waals surface area contributed by atoms with Crippen LogP contribution in [0.4, 0.5) is 10.1 Å². The van der Waals surface area contributed by atoms with Gasteiger partial charge in [-0.25, -0.2) is 4.39 Å². The second-order valence-electron chi connectivity index (χ2n) is 7.09. The van der Waals surface area contributed by atoms with Gasteiger partial charge in [-0.1, -0.05) is 19.9 Å². The second-order valence-corrected chi connectivity index (χ2v) is 7.09. The van der Waals surface area contributed by atoms with Gasteiger partial charge in [0.2, 0.25) is 0 Å². The molecule has 2 nitrogen and oxygen atoms in total. The molecule has 0 aliphatic heterocycles. The molecule has 0 amide bonds. The molecular formula is C18H27FN2. The fourth-order valence-electron chi connectivity index (χ4n) is 2.89. The predicted molar refractivity (Wildman–Crippen MR) is 86.0 cm³/mol. The van der Waals surface area contributed by atoms with E-state index in [1.54, 1.807) is 6.07 Å². The second kappa shape index (κ2) is 6.35. The number of anilines is 1. The van der Waals surface area contributed by atoms with Gasteiger partial charge in [-0.2, -0.15) is 0 Å². The molecule has 116 valence electrons. The van der Waals surface area contributed by atoms with E-state index in [0.717, 1.165) is 30.3 Å². The van der Waals surface area contributed by atoms with Crippen LogP contribution in [0, 0.1) is 17.7 Å². The van der Waals surface area contributed by atoms with E-state index in [1.165, 1.54) is 25.7 Å². The molecule has 2 fully saturated rings. The Labute approximate surface area is 127 Å². The molecule has 0 saturated heterocycles. The Kier molecular flexibility index (Phi) is 4.48.